The number of amides is 2. The molecule has 1 N–H and O–H groups in total. The minimum Gasteiger partial charge on any atom is -0.352 e. The molecule has 1 aliphatic heterocycles. The largest absolute Gasteiger partial charge is 0.352 e. The lowest BCUT2D eigenvalue weighted by atomic mass is 9.78. The van der Waals surface area contributed by atoms with Crippen LogP contribution in [0.3, 0.4) is 0 Å². The van der Waals surface area contributed by atoms with Crippen molar-refractivity contribution in [2.45, 2.75) is 45.6 Å². The average molecular weight is 362 g/mol. The second-order valence-electron chi connectivity index (χ2n) is 6.66. The van der Waals surface area contributed by atoms with Crippen LogP contribution in [0.25, 0.3) is 0 Å². The summed E-state index contributed by atoms with van der Waals surface area (Å²) in [5.74, 6) is -0.203. The molecular weight excluding hydrogens is 338 g/mol. The molecule has 1 aromatic rings. The summed E-state index contributed by atoms with van der Waals surface area (Å²) in [4.78, 5) is 26.7. The van der Waals surface area contributed by atoms with Crippen LogP contribution in [0.5, 0.6) is 0 Å². The van der Waals surface area contributed by atoms with Gasteiger partial charge in [0, 0.05) is 24.2 Å². The van der Waals surface area contributed by atoms with Crippen molar-refractivity contribution in [3.8, 4) is 6.07 Å². The molecule has 2 amide bonds. The minimum absolute atomic E-state index is 0.0104. The van der Waals surface area contributed by atoms with Crippen LogP contribution in [-0.2, 0) is 16.0 Å². The molecule has 0 saturated carbocycles. The molecule has 5 nitrogen and oxygen atoms in total. The van der Waals surface area contributed by atoms with Crippen LogP contribution in [0.15, 0.2) is 24.3 Å². The molecule has 0 aliphatic carbocycles. The number of nitrogens with one attached hydrogen (secondary N) is 1. The summed E-state index contributed by atoms with van der Waals surface area (Å²) in [5.41, 5.74) is -0.124. The van der Waals surface area contributed by atoms with Gasteiger partial charge in [0.15, 0.2) is 0 Å². The Kier molecular flexibility index (Phi) is 6.44. The Labute approximate surface area is 153 Å². The van der Waals surface area contributed by atoms with Crippen LogP contribution in [-0.4, -0.2) is 35.8 Å². The van der Waals surface area contributed by atoms with Crippen LogP contribution < -0.4 is 5.32 Å². The maximum atomic E-state index is 12.5. The van der Waals surface area contributed by atoms with E-state index in [1.54, 1.807) is 17.0 Å². The first-order chi connectivity index (χ1) is 11.9. The van der Waals surface area contributed by atoms with Crippen LogP contribution in [0.1, 0.15) is 38.7 Å². The van der Waals surface area contributed by atoms with Gasteiger partial charge in [-0.3, -0.25) is 9.59 Å². The lowest BCUT2D eigenvalue weighted by Crippen LogP contribution is -2.51. The fourth-order valence-corrected chi connectivity index (χ4v) is 3.01. The zero-order chi connectivity index (χ0) is 18.4. The summed E-state index contributed by atoms with van der Waals surface area (Å²) in [6.07, 6.45) is 1.87. The van der Waals surface area contributed by atoms with Crippen LogP contribution in [0.4, 0.5) is 0 Å². The van der Waals surface area contributed by atoms with Gasteiger partial charge in [-0.15, -0.1) is 0 Å². The molecule has 1 aliphatic rings. The standard InChI is InChI=1S/C19H24ClN3O2/c1-3-14(2)22-18(25)19(13-21)8-10-23(11-9-19)17(24)12-15-4-6-16(20)7-5-15/h4-7,14H,3,8-12H2,1-2H3,(H,22,25)/t14-/m1/s1. The van der Waals surface area contributed by atoms with Gasteiger partial charge in [-0.1, -0.05) is 30.7 Å². The molecule has 25 heavy (non-hydrogen) atoms. The number of likely N-dealkylation sites (tertiary alicyclic amines) is 1. The highest BCUT2D eigenvalue weighted by Gasteiger charge is 2.42. The Morgan fingerprint density at radius 1 is 1.32 bits per heavy atom. The number of nitrogens with zero attached hydrogens (tertiary/aromatic N) is 2. The third-order valence-corrected chi connectivity index (χ3v) is 5.13. The average Bonchev–Trinajstić information content (AvgIpc) is 2.63. The predicted octanol–water partition coefficient (Wildman–Crippen LogP) is 2.93. The third kappa shape index (κ3) is 4.73. The molecule has 0 radical (unpaired) electrons. The smallest absolute Gasteiger partial charge is 0.240 e. The second-order valence-corrected chi connectivity index (χ2v) is 7.10. The van der Waals surface area contributed by atoms with E-state index in [0.29, 0.717) is 37.4 Å². The van der Waals surface area contributed by atoms with Crippen molar-refractivity contribution in [2.75, 3.05) is 13.1 Å². The zero-order valence-electron chi connectivity index (χ0n) is 14.7. The molecule has 134 valence electrons. The van der Waals surface area contributed by atoms with Crippen molar-refractivity contribution < 1.29 is 9.59 Å². The van der Waals surface area contributed by atoms with Gasteiger partial charge in [0.05, 0.1) is 12.5 Å². The molecule has 1 heterocycles. The van der Waals surface area contributed by atoms with Gasteiger partial charge in [0.1, 0.15) is 5.41 Å². The molecule has 0 unspecified atom stereocenters. The number of halogens is 1. The van der Waals surface area contributed by atoms with E-state index in [0.717, 1.165) is 12.0 Å². The first-order valence-corrected chi connectivity index (χ1v) is 9.02. The quantitative estimate of drug-likeness (QED) is 0.876. The molecule has 0 bridgehead atoms. The molecule has 6 heteroatoms. The number of piperidine rings is 1. The maximum absolute atomic E-state index is 12.5. The number of hydrogen-bond donors (Lipinski definition) is 1. The molecule has 0 spiro atoms. The van der Waals surface area contributed by atoms with E-state index in [1.807, 2.05) is 26.0 Å². The Balaban J connectivity index is 1.95. The Hall–Kier alpha value is -2.06. The maximum Gasteiger partial charge on any atom is 0.240 e. The highest BCUT2D eigenvalue weighted by Crippen LogP contribution is 2.31. The van der Waals surface area contributed by atoms with Crippen LogP contribution >= 0.6 is 11.6 Å². The van der Waals surface area contributed by atoms with E-state index in [9.17, 15) is 14.9 Å². The van der Waals surface area contributed by atoms with E-state index in [2.05, 4.69) is 11.4 Å². The van der Waals surface area contributed by atoms with Crippen molar-refractivity contribution in [1.29, 1.82) is 5.26 Å². The lowest BCUT2D eigenvalue weighted by Gasteiger charge is -2.36. The fraction of sp³-hybridized carbons (Fsp3) is 0.526. The van der Waals surface area contributed by atoms with E-state index in [4.69, 9.17) is 11.6 Å². The normalized spacial score (nSPS) is 17.4. The summed E-state index contributed by atoms with van der Waals surface area (Å²) in [6, 6.07) is 9.44. The highest BCUT2D eigenvalue weighted by atomic mass is 35.5. The molecule has 1 fully saturated rings. The monoisotopic (exact) mass is 361 g/mol. The van der Waals surface area contributed by atoms with Crippen molar-refractivity contribution in [3.63, 3.8) is 0 Å². The van der Waals surface area contributed by atoms with Gasteiger partial charge in [0.2, 0.25) is 11.8 Å². The Bertz CT molecular complexity index is 658. The summed E-state index contributed by atoms with van der Waals surface area (Å²) in [5, 5.41) is 13.1. The fourth-order valence-electron chi connectivity index (χ4n) is 2.88. The third-order valence-electron chi connectivity index (χ3n) is 4.88. The zero-order valence-corrected chi connectivity index (χ0v) is 15.5. The Morgan fingerprint density at radius 3 is 2.44 bits per heavy atom. The van der Waals surface area contributed by atoms with E-state index in [-0.39, 0.29) is 17.9 Å². The molecule has 1 saturated heterocycles. The number of benzene rings is 1. The van der Waals surface area contributed by atoms with Crippen LogP contribution in [0.2, 0.25) is 5.02 Å². The van der Waals surface area contributed by atoms with E-state index in [1.165, 1.54) is 0 Å². The topological polar surface area (TPSA) is 73.2 Å². The summed E-state index contributed by atoms with van der Waals surface area (Å²) in [7, 11) is 0. The molecular formula is C19H24ClN3O2. The summed E-state index contributed by atoms with van der Waals surface area (Å²) >= 11 is 5.86. The van der Waals surface area contributed by atoms with Crippen LogP contribution in [0, 0.1) is 16.7 Å². The van der Waals surface area contributed by atoms with Gasteiger partial charge in [-0.25, -0.2) is 0 Å². The van der Waals surface area contributed by atoms with Crippen molar-refractivity contribution in [2.24, 2.45) is 5.41 Å². The molecule has 1 atom stereocenters. The van der Waals surface area contributed by atoms with Crippen molar-refractivity contribution in [1.82, 2.24) is 10.2 Å². The summed E-state index contributed by atoms with van der Waals surface area (Å²) in [6.45, 7) is 4.76. The Morgan fingerprint density at radius 2 is 1.92 bits per heavy atom. The van der Waals surface area contributed by atoms with E-state index < -0.39 is 5.41 Å². The number of carbonyl (C=O) groups is 2. The van der Waals surface area contributed by atoms with Gasteiger partial charge in [0.25, 0.3) is 0 Å². The van der Waals surface area contributed by atoms with Gasteiger partial charge in [-0.05, 0) is 43.9 Å². The lowest BCUT2D eigenvalue weighted by molar-refractivity contribution is -0.137. The molecule has 0 aromatic heterocycles. The van der Waals surface area contributed by atoms with Gasteiger partial charge >= 0.3 is 0 Å². The number of carbonyl (C=O) groups excluding carboxylic acids is 2. The SMILES string of the molecule is CC[C@@H](C)NC(=O)C1(C#N)CCN(C(=O)Cc2ccc(Cl)cc2)CC1. The molecule has 1 aromatic carbocycles. The summed E-state index contributed by atoms with van der Waals surface area (Å²) < 4.78 is 0. The number of hydrogen-bond acceptors (Lipinski definition) is 3. The predicted molar refractivity (Wildman–Crippen MR) is 96.9 cm³/mol. The van der Waals surface area contributed by atoms with Crippen molar-refractivity contribution in [3.05, 3.63) is 34.9 Å². The van der Waals surface area contributed by atoms with E-state index >= 15 is 0 Å². The molecule has 2 rings (SSSR count). The highest BCUT2D eigenvalue weighted by molar-refractivity contribution is 6.30. The van der Waals surface area contributed by atoms with Crippen molar-refractivity contribution >= 4 is 23.4 Å². The minimum atomic E-state index is -1.03. The first kappa shape index (κ1) is 19.3. The van der Waals surface area contributed by atoms with Gasteiger partial charge < -0.3 is 10.2 Å². The first-order valence-electron chi connectivity index (χ1n) is 8.64. The van der Waals surface area contributed by atoms with Gasteiger partial charge in [-0.2, -0.15) is 5.26 Å². The second kappa shape index (κ2) is 8.35. The number of nitriles is 1. The number of rotatable bonds is 5.